The second-order valence-electron chi connectivity index (χ2n) is 8.37. The number of hydrogen-bond acceptors (Lipinski definition) is 5. The Balaban J connectivity index is 1.24. The van der Waals surface area contributed by atoms with Crippen LogP contribution in [0.5, 0.6) is 0 Å². The summed E-state index contributed by atoms with van der Waals surface area (Å²) < 4.78 is 0. The molecule has 2 saturated heterocycles. The quantitative estimate of drug-likeness (QED) is 0.719. The van der Waals surface area contributed by atoms with Crippen LogP contribution in [0.25, 0.3) is 0 Å². The van der Waals surface area contributed by atoms with E-state index in [0.29, 0.717) is 23.8 Å². The van der Waals surface area contributed by atoms with Gasteiger partial charge in [-0.15, -0.1) is 0 Å². The highest BCUT2D eigenvalue weighted by Crippen LogP contribution is 2.23. The topological polar surface area (TPSA) is 81.8 Å². The average molecular weight is 431 g/mol. The SMILES string of the molecule is O=C(CN1CCC(C(=O)NC2CC2)CC1)Nc1cccc(C(=O)N2CCSCC2)c1. The van der Waals surface area contributed by atoms with Crippen LogP contribution >= 0.6 is 11.8 Å². The number of rotatable bonds is 6. The van der Waals surface area contributed by atoms with Crippen LogP contribution in [0.15, 0.2) is 24.3 Å². The van der Waals surface area contributed by atoms with Crippen molar-refractivity contribution in [3.63, 3.8) is 0 Å². The maximum Gasteiger partial charge on any atom is 0.253 e. The fourth-order valence-electron chi connectivity index (χ4n) is 3.98. The van der Waals surface area contributed by atoms with Gasteiger partial charge in [-0.3, -0.25) is 19.3 Å². The van der Waals surface area contributed by atoms with Gasteiger partial charge in [0, 0.05) is 47.8 Å². The van der Waals surface area contributed by atoms with E-state index in [-0.39, 0.29) is 23.6 Å². The van der Waals surface area contributed by atoms with Gasteiger partial charge in [-0.2, -0.15) is 11.8 Å². The molecule has 1 aromatic carbocycles. The summed E-state index contributed by atoms with van der Waals surface area (Å²) in [4.78, 5) is 41.3. The lowest BCUT2D eigenvalue weighted by molar-refractivity contribution is -0.126. The Hall–Kier alpha value is -2.06. The summed E-state index contributed by atoms with van der Waals surface area (Å²) in [5.74, 6) is 2.13. The summed E-state index contributed by atoms with van der Waals surface area (Å²) in [5, 5.41) is 6.00. The Labute approximate surface area is 181 Å². The number of carbonyl (C=O) groups is 3. The van der Waals surface area contributed by atoms with E-state index in [1.807, 2.05) is 28.8 Å². The molecule has 30 heavy (non-hydrogen) atoms. The molecular weight excluding hydrogens is 400 g/mol. The standard InChI is InChI=1S/C22H30N4O3S/c27-20(15-25-8-6-16(7-9-25)21(28)24-18-4-5-18)23-19-3-1-2-17(14-19)22(29)26-10-12-30-13-11-26/h1-3,14,16,18H,4-13,15H2,(H,23,27)(H,24,28). The first-order chi connectivity index (χ1) is 14.6. The number of thioether (sulfide) groups is 1. The van der Waals surface area contributed by atoms with Gasteiger partial charge in [0.25, 0.3) is 5.91 Å². The number of piperidine rings is 1. The minimum atomic E-state index is -0.0881. The van der Waals surface area contributed by atoms with Gasteiger partial charge in [-0.05, 0) is 57.0 Å². The Morgan fingerprint density at radius 3 is 2.43 bits per heavy atom. The van der Waals surface area contributed by atoms with Gasteiger partial charge in [0.15, 0.2) is 0 Å². The maximum atomic E-state index is 12.7. The smallest absolute Gasteiger partial charge is 0.253 e. The number of hydrogen-bond donors (Lipinski definition) is 2. The van der Waals surface area contributed by atoms with Crippen molar-refractivity contribution in [2.24, 2.45) is 5.92 Å². The molecule has 0 spiro atoms. The number of likely N-dealkylation sites (tertiary alicyclic amines) is 1. The zero-order chi connectivity index (χ0) is 20.9. The number of benzene rings is 1. The molecule has 1 aromatic rings. The van der Waals surface area contributed by atoms with E-state index in [0.717, 1.165) is 63.4 Å². The van der Waals surface area contributed by atoms with Gasteiger partial charge in [0.1, 0.15) is 0 Å². The lowest BCUT2D eigenvalue weighted by Gasteiger charge is -2.30. The van der Waals surface area contributed by atoms with Gasteiger partial charge in [-0.1, -0.05) is 6.07 Å². The highest BCUT2D eigenvalue weighted by Gasteiger charge is 2.30. The van der Waals surface area contributed by atoms with Crippen LogP contribution in [-0.2, 0) is 9.59 Å². The molecule has 1 saturated carbocycles. The average Bonchev–Trinajstić information content (AvgIpc) is 3.58. The molecule has 2 N–H and O–H groups in total. The molecule has 0 atom stereocenters. The second-order valence-corrected chi connectivity index (χ2v) is 9.59. The molecule has 3 amide bonds. The van der Waals surface area contributed by atoms with Gasteiger partial charge < -0.3 is 15.5 Å². The Kier molecular flexibility index (Phi) is 6.94. The highest BCUT2D eigenvalue weighted by atomic mass is 32.2. The molecule has 0 unspecified atom stereocenters. The third kappa shape index (κ3) is 5.76. The van der Waals surface area contributed by atoms with Crippen LogP contribution in [0, 0.1) is 5.92 Å². The summed E-state index contributed by atoms with van der Waals surface area (Å²) in [6, 6.07) is 7.59. The predicted octanol–water partition coefficient (Wildman–Crippen LogP) is 1.80. The fraction of sp³-hybridized carbons (Fsp3) is 0.591. The van der Waals surface area contributed by atoms with E-state index >= 15 is 0 Å². The molecule has 7 nitrogen and oxygen atoms in total. The Bertz CT molecular complexity index is 784. The zero-order valence-electron chi connectivity index (χ0n) is 17.3. The molecule has 1 aliphatic carbocycles. The molecular formula is C22H30N4O3S. The summed E-state index contributed by atoms with van der Waals surface area (Å²) in [6.07, 6.45) is 3.80. The van der Waals surface area contributed by atoms with Gasteiger partial charge in [0.2, 0.25) is 11.8 Å². The van der Waals surface area contributed by atoms with E-state index in [2.05, 4.69) is 15.5 Å². The molecule has 2 heterocycles. The molecule has 0 bridgehead atoms. The maximum absolute atomic E-state index is 12.7. The lowest BCUT2D eigenvalue weighted by atomic mass is 9.96. The molecule has 4 rings (SSSR count). The fourth-order valence-corrected chi connectivity index (χ4v) is 4.89. The normalized spacial score (nSPS) is 20.6. The summed E-state index contributed by atoms with van der Waals surface area (Å²) in [7, 11) is 0. The van der Waals surface area contributed by atoms with Gasteiger partial charge in [-0.25, -0.2) is 0 Å². The summed E-state index contributed by atoms with van der Waals surface area (Å²) >= 11 is 1.87. The number of carbonyl (C=O) groups excluding carboxylic acids is 3. The highest BCUT2D eigenvalue weighted by molar-refractivity contribution is 7.99. The number of amides is 3. The van der Waals surface area contributed by atoms with Crippen molar-refractivity contribution in [3.05, 3.63) is 29.8 Å². The van der Waals surface area contributed by atoms with E-state index < -0.39 is 0 Å². The Morgan fingerprint density at radius 2 is 1.73 bits per heavy atom. The monoisotopic (exact) mass is 430 g/mol. The van der Waals surface area contributed by atoms with Crippen LogP contribution < -0.4 is 10.6 Å². The van der Waals surface area contributed by atoms with E-state index in [1.165, 1.54) is 0 Å². The van der Waals surface area contributed by atoms with Crippen LogP contribution in [-0.4, -0.2) is 77.8 Å². The van der Waals surface area contributed by atoms with Crippen molar-refractivity contribution in [1.29, 1.82) is 0 Å². The van der Waals surface area contributed by atoms with Crippen molar-refractivity contribution in [1.82, 2.24) is 15.1 Å². The number of anilines is 1. The third-order valence-corrected chi connectivity index (χ3v) is 6.88. The molecule has 162 valence electrons. The summed E-state index contributed by atoms with van der Waals surface area (Å²) in [5.41, 5.74) is 1.26. The van der Waals surface area contributed by atoms with Crippen LogP contribution in [0.4, 0.5) is 5.69 Å². The van der Waals surface area contributed by atoms with Crippen molar-refractivity contribution in [2.45, 2.75) is 31.7 Å². The van der Waals surface area contributed by atoms with Gasteiger partial charge in [0.05, 0.1) is 6.54 Å². The van der Waals surface area contributed by atoms with Gasteiger partial charge >= 0.3 is 0 Å². The van der Waals surface area contributed by atoms with E-state index in [1.54, 1.807) is 12.1 Å². The molecule has 3 fully saturated rings. The van der Waals surface area contributed by atoms with Crippen LogP contribution in [0.2, 0.25) is 0 Å². The molecule has 0 aromatic heterocycles. The second kappa shape index (κ2) is 9.83. The molecule has 3 aliphatic rings. The largest absolute Gasteiger partial charge is 0.353 e. The van der Waals surface area contributed by atoms with E-state index in [9.17, 15) is 14.4 Å². The lowest BCUT2D eigenvalue weighted by Crippen LogP contribution is -2.43. The predicted molar refractivity (Wildman–Crippen MR) is 119 cm³/mol. The summed E-state index contributed by atoms with van der Waals surface area (Å²) in [6.45, 7) is 3.35. The Morgan fingerprint density at radius 1 is 1.00 bits per heavy atom. The first kappa shape index (κ1) is 21.2. The third-order valence-electron chi connectivity index (χ3n) is 5.94. The first-order valence-electron chi connectivity index (χ1n) is 10.9. The van der Waals surface area contributed by atoms with Crippen LogP contribution in [0.3, 0.4) is 0 Å². The number of nitrogens with one attached hydrogen (secondary N) is 2. The van der Waals surface area contributed by atoms with Crippen LogP contribution in [0.1, 0.15) is 36.0 Å². The number of nitrogens with zero attached hydrogens (tertiary/aromatic N) is 2. The molecule has 8 heteroatoms. The molecule has 0 radical (unpaired) electrons. The molecule has 2 aliphatic heterocycles. The first-order valence-corrected chi connectivity index (χ1v) is 12.0. The van der Waals surface area contributed by atoms with E-state index in [4.69, 9.17) is 0 Å². The minimum absolute atomic E-state index is 0.0259. The van der Waals surface area contributed by atoms with Crippen molar-refractivity contribution in [3.8, 4) is 0 Å². The van der Waals surface area contributed by atoms with Crippen molar-refractivity contribution < 1.29 is 14.4 Å². The van der Waals surface area contributed by atoms with Crippen molar-refractivity contribution >= 4 is 35.2 Å². The zero-order valence-corrected chi connectivity index (χ0v) is 18.1. The minimum Gasteiger partial charge on any atom is -0.353 e. The van der Waals surface area contributed by atoms with Crippen molar-refractivity contribution in [2.75, 3.05) is 49.5 Å².